The molecule has 174 valence electrons. The van der Waals surface area contributed by atoms with E-state index in [1.54, 1.807) is 18.7 Å². The molecule has 33 heavy (non-hydrogen) atoms. The Labute approximate surface area is 194 Å². The maximum Gasteiger partial charge on any atom is 0.364 e. The molecular formula is C25H30N4O4. The average molecular weight is 451 g/mol. The fourth-order valence-electron chi connectivity index (χ4n) is 3.91. The summed E-state index contributed by atoms with van der Waals surface area (Å²) in [6.45, 7) is 8.77. The number of nitrogens with zero attached hydrogens (tertiary/aromatic N) is 4. The molecule has 0 aliphatic carbocycles. The van der Waals surface area contributed by atoms with Gasteiger partial charge in [-0.2, -0.15) is 0 Å². The molecule has 8 nitrogen and oxygen atoms in total. The van der Waals surface area contributed by atoms with Crippen molar-refractivity contribution in [2.24, 2.45) is 0 Å². The number of aromatic nitrogens is 3. The molecule has 2 heterocycles. The van der Waals surface area contributed by atoms with Gasteiger partial charge in [-0.25, -0.2) is 9.48 Å². The lowest BCUT2D eigenvalue weighted by Gasteiger charge is -2.32. The van der Waals surface area contributed by atoms with Crippen LogP contribution in [-0.2, 0) is 24.2 Å². The Morgan fingerprint density at radius 3 is 2.55 bits per heavy atom. The number of benzene rings is 2. The quantitative estimate of drug-likeness (QED) is 0.479. The zero-order chi connectivity index (χ0) is 23.4. The van der Waals surface area contributed by atoms with Crippen molar-refractivity contribution in [2.75, 3.05) is 20.3 Å². The molecular weight excluding hydrogens is 420 g/mol. The van der Waals surface area contributed by atoms with Crippen molar-refractivity contribution in [2.45, 2.75) is 46.3 Å². The number of fused-ring (bicyclic) bond motifs is 1. The van der Waals surface area contributed by atoms with E-state index in [1.807, 2.05) is 36.4 Å². The molecule has 8 heteroatoms. The lowest BCUT2D eigenvalue weighted by molar-refractivity contribution is 0.0516. The third kappa shape index (κ3) is 5.17. The van der Waals surface area contributed by atoms with E-state index in [1.165, 1.54) is 11.1 Å². The van der Waals surface area contributed by atoms with Crippen LogP contribution in [0.25, 0.3) is 0 Å². The maximum atomic E-state index is 12.5. The summed E-state index contributed by atoms with van der Waals surface area (Å²) < 4.78 is 18.2. The van der Waals surface area contributed by atoms with Gasteiger partial charge in [0, 0.05) is 19.1 Å². The van der Waals surface area contributed by atoms with Crippen LogP contribution in [0.4, 0.5) is 0 Å². The molecule has 0 saturated carbocycles. The number of hydrogen-bond donors (Lipinski definition) is 0. The van der Waals surface area contributed by atoms with Crippen LogP contribution in [0.3, 0.4) is 0 Å². The lowest BCUT2D eigenvalue weighted by Crippen LogP contribution is -2.35. The monoisotopic (exact) mass is 450 g/mol. The van der Waals surface area contributed by atoms with Gasteiger partial charge in [0.2, 0.25) is 5.69 Å². The van der Waals surface area contributed by atoms with Crippen LogP contribution in [0.5, 0.6) is 17.4 Å². The van der Waals surface area contributed by atoms with Crippen LogP contribution < -0.4 is 9.47 Å². The molecule has 0 bridgehead atoms. The Morgan fingerprint density at radius 2 is 1.85 bits per heavy atom. The zero-order valence-electron chi connectivity index (χ0n) is 19.6. The van der Waals surface area contributed by atoms with Crippen molar-refractivity contribution >= 4 is 5.97 Å². The fraction of sp³-hybridized carbons (Fsp3) is 0.400. The minimum atomic E-state index is -0.556. The van der Waals surface area contributed by atoms with Crippen molar-refractivity contribution in [3.63, 3.8) is 0 Å². The van der Waals surface area contributed by atoms with Gasteiger partial charge in [0.1, 0.15) is 11.5 Å². The highest BCUT2D eigenvalue weighted by molar-refractivity contribution is 5.89. The number of hydrogen-bond acceptors (Lipinski definition) is 7. The third-order valence-electron chi connectivity index (χ3n) is 5.81. The van der Waals surface area contributed by atoms with Crippen LogP contribution in [0, 0.1) is 0 Å². The van der Waals surface area contributed by atoms with E-state index in [0.29, 0.717) is 18.3 Å². The highest BCUT2D eigenvalue weighted by atomic mass is 16.5. The van der Waals surface area contributed by atoms with E-state index in [-0.39, 0.29) is 18.2 Å². The van der Waals surface area contributed by atoms with E-state index in [9.17, 15) is 4.79 Å². The molecule has 0 fully saturated rings. The molecule has 0 atom stereocenters. The smallest absolute Gasteiger partial charge is 0.364 e. The molecule has 1 aliphatic rings. The Balaban J connectivity index is 1.61. The number of methoxy groups -OCH3 is 1. The summed E-state index contributed by atoms with van der Waals surface area (Å²) in [4.78, 5) is 15.0. The van der Waals surface area contributed by atoms with Crippen LogP contribution in [0.2, 0.25) is 0 Å². The molecule has 0 unspecified atom stereocenters. The number of ether oxygens (including phenoxy) is 3. The molecule has 0 saturated heterocycles. The number of esters is 1. The Morgan fingerprint density at radius 1 is 1.09 bits per heavy atom. The van der Waals surface area contributed by atoms with Crippen LogP contribution in [0.1, 0.15) is 48.0 Å². The van der Waals surface area contributed by atoms with Crippen molar-refractivity contribution in [3.8, 4) is 17.4 Å². The molecule has 4 rings (SSSR count). The number of carbonyl (C=O) groups is 1. The molecule has 1 aromatic heterocycles. The largest absolute Gasteiger partial charge is 0.497 e. The summed E-state index contributed by atoms with van der Waals surface area (Å²) in [6, 6.07) is 14.2. The minimum Gasteiger partial charge on any atom is -0.497 e. The van der Waals surface area contributed by atoms with Gasteiger partial charge >= 0.3 is 5.97 Å². The summed E-state index contributed by atoms with van der Waals surface area (Å²) in [5.74, 6) is 1.13. The highest BCUT2D eigenvalue weighted by Gasteiger charge is 2.25. The van der Waals surface area contributed by atoms with Crippen molar-refractivity contribution in [3.05, 3.63) is 64.8 Å². The van der Waals surface area contributed by atoms with Crippen LogP contribution >= 0.6 is 0 Å². The summed E-state index contributed by atoms with van der Waals surface area (Å²) in [5, 5.41) is 8.23. The molecule has 0 amide bonds. The molecule has 3 aromatic rings. The molecule has 0 spiro atoms. The van der Waals surface area contributed by atoms with Gasteiger partial charge in [0.05, 0.1) is 20.3 Å². The van der Waals surface area contributed by atoms with Gasteiger partial charge in [-0.3, -0.25) is 4.90 Å². The highest BCUT2D eigenvalue weighted by Crippen LogP contribution is 2.30. The van der Waals surface area contributed by atoms with Gasteiger partial charge in [0.15, 0.2) is 0 Å². The van der Waals surface area contributed by atoms with E-state index in [2.05, 4.69) is 35.1 Å². The van der Waals surface area contributed by atoms with Crippen molar-refractivity contribution < 1.29 is 19.0 Å². The van der Waals surface area contributed by atoms with Crippen molar-refractivity contribution in [1.82, 2.24) is 19.9 Å². The summed E-state index contributed by atoms with van der Waals surface area (Å²) >= 11 is 0. The second kappa shape index (κ2) is 10.0. The van der Waals surface area contributed by atoms with Gasteiger partial charge in [-0.1, -0.05) is 23.4 Å². The third-order valence-corrected chi connectivity index (χ3v) is 5.81. The molecule has 2 aromatic carbocycles. The normalized spacial score (nSPS) is 13.6. The molecule has 0 radical (unpaired) electrons. The van der Waals surface area contributed by atoms with Gasteiger partial charge in [-0.15, -0.1) is 5.10 Å². The maximum absolute atomic E-state index is 12.5. The Kier molecular flexibility index (Phi) is 6.93. The standard InChI is InChI=1S/C25H30N4O4/c1-5-32-25(30)23-24(29(27-26-23)15-18-6-9-21(31-4)10-7-18)33-22-11-8-20-16-28(17(2)3)13-12-19(20)14-22/h6-11,14,17H,5,12-13,15-16H2,1-4H3. The Bertz CT molecular complexity index is 1110. The fourth-order valence-corrected chi connectivity index (χ4v) is 3.91. The van der Waals surface area contributed by atoms with Gasteiger partial charge < -0.3 is 14.2 Å². The number of carbonyl (C=O) groups excluding carboxylic acids is 1. The topological polar surface area (TPSA) is 78.7 Å². The van der Waals surface area contributed by atoms with E-state index < -0.39 is 5.97 Å². The predicted molar refractivity (Wildman–Crippen MR) is 124 cm³/mol. The van der Waals surface area contributed by atoms with Gasteiger partial charge in [0.25, 0.3) is 5.88 Å². The minimum absolute atomic E-state index is 0.0639. The first-order valence-corrected chi connectivity index (χ1v) is 11.3. The van der Waals surface area contributed by atoms with Crippen molar-refractivity contribution in [1.29, 1.82) is 0 Å². The molecule has 1 aliphatic heterocycles. The second-order valence-corrected chi connectivity index (χ2v) is 8.32. The van der Waals surface area contributed by atoms with E-state index in [0.717, 1.165) is 30.8 Å². The molecule has 0 N–H and O–H groups in total. The SMILES string of the molecule is CCOC(=O)c1nnn(Cc2ccc(OC)cc2)c1Oc1ccc2c(c1)CCN(C(C)C)C2. The average Bonchev–Trinajstić information content (AvgIpc) is 3.21. The summed E-state index contributed by atoms with van der Waals surface area (Å²) in [6.07, 6.45) is 0.957. The van der Waals surface area contributed by atoms with E-state index >= 15 is 0 Å². The first-order valence-electron chi connectivity index (χ1n) is 11.3. The second-order valence-electron chi connectivity index (χ2n) is 8.32. The summed E-state index contributed by atoms with van der Waals surface area (Å²) in [7, 11) is 1.63. The number of rotatable bonds is 8. The van der Waals surface area contributed by atoms with Crippen LogP contribution in [0.15, 0.2) is 42.5 Å². The first kappa shape index (κ1) is 22.8. The Hall–Kier alpha value is -3.39. The summed E-state index contributed by atoms with van der Waals surface area (Å²) in [5.41, 5.74) is 3.60. The van der Waals surface area contributed by atoms with E-state index in [4.69, 9.17) is 14.2 Å². The zero-order valence-corrected chi connectivity index (χ0v) is 19.6. The van der Waals surface area contributed by atoms with Crippen LogP contribution in [-0.4, -0.2) is 52.2 Å². The lowest BCUT2D eigenvalue weighted by atomic mass is 9.98. The predicted octanol–water partition coefficient (Wildman–Crippen LogP) is 4.07. The first-order chi connectivity index (χ1) is 16.0. The van der Waals surface area contributed by atoms with Gasteiger partial charge in [-0.05, 0) is 68.1 Å².